The average molecular weight is 255 g/mol. The maximum atomic E-state index is 4.96. The SMILES string of the molecule is COCCNCCCSc1nc(C)cc(C)n1. The van der Waals surface area contributed by atoms with Gasteiger partial charge in [0.15, 0.2) is 5.16 Å². The van der Waals surface area contributed by atoms with Crippen LogP contribution in [-0.4, -0.2) is 42.5 Å². The topological polar surface area (TPSA) is 47.0 Å². The Bertz CT molecular complexity index is 313. The van der Waals surface area contributed by atoms with Crippen LogP contribution in [0.15, 0.2) is 11.2 Å². The Labute approximate surface area is 108 Å². The van der Waals surface area contributed by atoms with Crippen molar-refractivity contribution in [3.05, 3.63) is 17.5 Å². The molecule has 1 heterocycles. The first-order valence-electron chi connectivity index (χ1n) is 5.87. The summed E-state index contributed by atoms with van der Waals surface area (Å²) >= 11 is 1.72. The molecular formula is C12H21N3OS. The molecule has 0 aliphatic heterocycles. The number of aromatic nitrogens is 2. The summed E-state index contributed by atoms with van der Waals surface area (Å²) < 4.78 is 4.96. The van der Waals surface area contributed by atoms with E-state index in [1.54, 1.807) is 18.9 Å². The number of aryl methyl sites for hydroxylation is 2. The fourth-order valence-corrected chi connectivity index (χ4v) is 2.31. The maximum absolute atomic E-state index is 4.96. The third-order valence-electron chi connectivity index (χ3n) is 2.17. The van der Waals surface area contributed by atoms with Gasteiger partial charge < -0.3 is 10.1 Å². The van der Waals surface area contributed by atoms with Crippen LogP contribution in [0.5, 0.6) is 0 Å². The Morgan fingerprint density at radius 2 is 1.94 bits per heavy atom. The Balaban J connectivity index is 2.13. The standard InChI is InChI=1S/C12H21N3OS/c1-10-9-11(2)15-12(14-10)17-8-4-5-13-6-7-16-3/h9,13H,4-8H2,1-3H3. The van der Waals surface area contributed by atoms with Crippen LogP contribution in [-0.2, 0) is 4.74 Å². The summed E-state index contributed by atoms with van der Waals surface area (Å²) in [6.45, 7) is 6.71. The van der Waals surface area contributed by atoms with E-state index in [0.29, 0.717) is 0 Å². The minimum Gasteiger partial charge on any atom is -0.383 e. The third-order valence-corrected chi connectivity index (χ3v) is 3.11. The molecule has 96 valence electrons. The lowest BCUT2D eigenvalue weighted by molar-refractivity contribution is 0.199. The van der Waals surface area contributed by atoms with Gasteiger partial charge in [0.1, 0.15) is 0 Å². The molecule has 0 saturated carbocycles. The molecule has 0 bridgehead atoms. The van der Waals surface area contributed by atoms with Crippen molar-refractivity contribution in [2.24, 2.45) is 0 Å². The van der Waals surface area contributed by atoms with E-state index in [0.717, 1.165) is 48.4 Å². The van der Waals surface area contributed by atoms with Crippen LogP contribution >= 0.6 is 11.8 Å². The number of nitrogens with zero attached hydrogens (tertiary/aromatic N) is 2. The molecule has 0 aliphatic carbocycles. The first-order chi connectivity index (χ1) is 8.22. The van der Waals surface area contributed by atoms with Crippen molar-refractivity contribution in [2.75, 3.05) is 32.6 Å². The van der Waals surface area contributed by atoms with E-state index in [2.05, 4.69) is 15.3 Å². The molecule has 0 unspecified atom stereocenters. The minimum absolute atomic E-state index is 0.771. The summed E-state index contributed by atoms with van der Waals surface area (Å²) in [7, 11) is 1.72. The summed E-state index contributed by atoms with van der Waals surface area (Å²) in [4.78, 5) is 8.79. The van der Waals surface area contributed by atoms with Crippen LogP contribution in [0.3, 0.4) is 0 Å². The van der Waals surface area contributed by atoms with Crippen molar-refractivity contribution < 1.29 is 4.74 Å². The molecule has 0 spiro atoms. The number of nitrogens with one attached hydrogen (secondary N) is 1. The minimum atomic E-state index is 0.771. The lowest BCUT2D eigenvalue weighted by Crippen LogP contribution is -2.20. The molecule has 1 aromatic heterocycles. The molecule has 17 heavy (non-hydrogen) atoms. The quantitative estimate of drug-likeness (QED) is 0.436. The van der Waals surface area contributed by atoms with Crippen molar-refractivity contribution in [3.63, 3.8) is 0 Å². The van der Waals surface area contributed by atoms with Gasteiger partial charge in [0.25, 0.3) is 0 Å². The molecule has 0 aliphatic rings. The van der Waals surface area contributed by atoms with Gasteiger partial charge in [-0.15, -0.1) is 0 Å². The van der Waals surface area contributed by atoms with Crippen LogP contribution in [0.4, 0.5) is 0 Å². The second-order valence-electron chi connectivity index (χ2n) is 3.88. The molecular weight excluding hydrogens is 234 g/mol. The summed E-state index contributed by atoms with van der Waals surface area (Å²) in [5.74, 6) is 1.04. The Hall–Kier alpha value is -0.650. The smallest absolute Gasteiger partial charge is 0.187 e. The van der Waals surface area contributed by atoms with Crippen LogP contribution in [0.2, 0.25) is 0 Å². The Morgan fingerprint density at radius 3 is 2.59 bits per heavy atom. The first-order valence-corrected chi connectivity index (χ1v) is 6.85. The number of ether oxygens (including phenoxy) is 1. The average Bonchev–Trinajstić information content (AvgIpc) is 2.26. The van der Waals surface area contributed by atoms with E-state index < -0.39 is 0 Å². The second-order valence-corrected chi connectivity index (χ2v) is 4.94. The monoisotopic (exact) mass is 255 g/mol. The second kappa shape index (κ2) is 8.44. The number of methoxy groups -OCH3 is 1. The summed E-state index contributed by atoms with van der Waals surface area (Å²) in [5.41, 5.74) is 2.08. The zero-order chi connectivity index (χ0) is 12.5. The van der Waals surface area contributed by atoms with Gasteiger partial charge in [0.2, 0.25) is 0 Å². The van der Waals surface area contributed by atoms with Gasteiger partial charge in [-0.25, -0.2) is 9.97 Å². The van der Waals surface area contributed by atoms with Gasteiger partial charge in [0.05, 0.1) is 6.61 Å². The number of hydrogen-bond donors (Lipinski definition) is 1. The van der Waals surface area contributed by atoms with E-state index in [-0.39, 0.29) is 0 Å². The Morgan fingerprint density at radius 1 is 1.24 bits per heavy atom. The molecule has 1 aromatic rings. The number of rotatable bonds is 8. The first kappa shape index (κ1) is 14.4. The highest BCUT2D eigenvalue weighted by Crippen LogP contribution is 2.14. The fraction of sp³-hybridized carbons (Fsp3) is 0.667. The molecule has 0 fully saturated rings. The molecule has 1 N–H and O–H groups in total. The highest BCUT2D eigenvalue weighted by Gasteiger charge is 1.99. The van der Waals surface area contributed by atoms with Gasteiger partial charge in [-0.05, 0) is 32.9 Å². The zero-order valence-electron chi connectivity index (χ0n) is 10.8. The van der Waals surface area contributed by atoms with E-state index in [1.807, 2.05) is 19.9 Å². The van der Waals surface area contributed by atoms with Crippen molar-refractivity contribution in [1.82, 2.24) is 15.3 Å². The number of thioether (sulfide) groups is 1. The normalized spacial score (nSPS) is 10.8. The van der Waals surface area contributed by atoms with E-state index >= 15 is 0 Å². The molecule has 0 aromatic carbocycles. The highest BCUT2D eigenvalue weighted by atomic mass is 32.2. The van der Waals surface area contributed by atoms with Crippen LogP contribution in [0.1, 0.15) is 17.8 Å². The fourth-order valence-electron chi connectivity index (χ4n) is 1.42. The van der Waals surface area contributed by atoms with Crippen LogP contribution in [0, 0.1) is 13.8 Å². The molecule has 1 rings (SSSR count). The molecule has 5 heteroatoms. The van der Waals surface area contributed by atoms with E-state index in [4.69, 9.17) is 4.74 Å². The van der Waals surface area contributed by atoms with Gasteiger partial charge in [-0.3, -0.25) is 0 Å². The van der Waals surface area contributed by atoms with Crippen LogP contribution in [0.25, 0.3) is 0 Å². The van der Waals surface area contributed by atoms with E-state index in [9.17, 15) is 0 Å². The molecule has 4 nitrogen and oxygen atoms in total. The van der Waals surface area contributed by atoms with Gasteiger partial charge in [-0.1, -0.05) is 11.8 Å². The largest absolute Gasteiger partial charge is 0.383 e. The predicted molar refractivity (Wildman–Crippen MR) is 71.6 cm³/mol. The van der Waals surface area contributed by atoms with E-state index in [1.165, 1.54) is 0 Å². The van der Waals surface area contributed by atoms with Crippen molar-refractivity contribution >= 4 is 11.8 Å². The molecule has 0 atom stereocenters. The molecule has 0 radical (unpaired) electrons. The predicted octanol–water partition coefficient (Wildman–Crippen LogP) is 1.81. The van der Waals surface area contributed by atoms with Crippen LogP contribution < -0.4 is 5.32 Å². The lowest BCUT2D eigenvalue weighted by Gasteiger charge is -2.04. The van der Waals surface area contributed by atoms with Crippen molar-refractivity contribution in [1.29, 1.82) is 0 Å². The van der Waals surface area contributed by atoms with Crippen molar-refractivity contribution in [2.45, 2.75) is 25.4 Å². The Kier molecular flexibility index (Phi) is 7.16. The summed E-state index contributed by atoms with van der Waals surface area (Å²) in [6.07, 6.45) is 1.12. The highest BCUT2D eigenvalue weighted by molar-refractivity contribution is 7.99. The summed E-state index contributed by atoms with van der Waals surface area (Å²) in [6, 6.07) is 2.00. The lowest BCUT2D eigenvalue weighted by atomic mass is 10.4. The molecule has 0 saturated heterocycles. The number of hydrogen-bond acceptors (Lipinski definition) is 5. The zero-order valence-corrected chi connectivity index (χ0v) is 11.6. The van der Waals surface area contributed by atoms with Gasteiger partial charge in [0, 0.05) is 30.8 Å². The van der Waals surface area contributed by atoms with Gasteiger partial charge in [-0.2, -0.15) is 0 Å². The molecule has 0 amide bonds. The third kappa shape index (κ3) is 6.61. The summed E-state index contributed by atoms with van der Waals surface area (Å²) in [5, 5.41) is 4.20. The van der Waals surface area contributed by atoms with Gasteiger partial charge >= 0.3 is 0 Å². The van der Waals surface area contributed by atoms with Crippen molar-refractivity contribution in [3.8, 4) is 0 Å². The maximum Gasteiger partial charge on any atom is 0.187 e.